The highest BCUT2D eigenvalue weighted by Crippen LogP contribution is 2.27. The Kier molecular flexibility index (Phi) is 5.09. The number of carbonyl (C=O) groups excluding carboxylic acids is 2. The van der Waals surface area contributed by atoms with Crippen LogP contribution in [0.2, 0.25) is 0 Å². The molecule has 0 heterocycles. The van der Waals surface area contributed by atoms with Crippen LogP contribution in [0.15, 0.2) is 11.1 Å². The summed E-state index contributed by atoms with van der Waals surface area (Å²) < 4.78 is 4.96. The van der Waals surface area contributed by atoms with E-state index in [-0.39, 0.29) is 17.4 Å². The molecule has 0 amide bonds. The second kappa shape index (κ2) is 6.36. The lowest BCUT2D eigenvalue weighted by atomic mass is 9.84. The van der Waals surface area contributed by atoms with Gasteiger partial charge < -0.3 is 9.57 Å². The summed E-state index contributed by atoms with van der Waals surface area (Å²) in [5.74, 6) is -1.31. The van der Waals surface area contributed by atoms with Gasteiger partial charge in [0.05, 0.1) is 12.3 Å². The van der Waals surface area contributed by atoms with Gasteiger partial charge in [0.1, 0.15) is 6.61 Å². The van der Waals surface area contributed by atoms with Gasteiger partial charge in [0.2, 0.25) is 5.71 Å². The smallest absolute Gasteiger partial charge is 0.302 e. The average molecular weight is 269 g/mol. The third-order valence-corrected chi connectivity index (χ3v) is 3.13. The van der Waals surface area contributed by atoms with Gasteiger partial charge in [-0.1, -0.05) is 11.1 Å². The molecule has 0 saturated heterocycles. The number of rotatable bonds is 3. The van der Waals surface area contributed by atoms with Gasteiger partial charge in [-0.25, -0.2) is 0 Å². The van der Waals surface area contributed by atoms with Crippen LogP contribution in [0.3, 0.4) is 0 Å². The number of esters is 1. The molecule has 0 unspecified atom stereocenters. The maximum absolute atomic E-state index is 11.8. The molecule has 106 valence electrons. The monoisotopic (exact) mass is 269 g/mol. The first-order valence-corrected chi connectivity index (χ1v) is 6.11. The van der Waals surface area contributed by atoms with Crippen molar-refractivity contribution in [3.63, 3.8) is 0 Å². The Hall–Kier alpha value is -1.85. The molecular weight excluding hydrogens is 250 g/mol. The van der Waals surface area contributed by atoms with Gasteiger partial charge in [-0.05, 0) is 20.3 Å². The number of ether oxygens (including phenoxy) is 1. The summed E-state index contributed by atoms with van der Waals surface area (Å²) in [6.07, 6.45) is 1.04. The largest absolute Gasteiger partial charge is 0.465 e. The zero-order valence-electron chi connectivity index (χ0n) is 11.7. The van der Waals surface area contributed by atoms with E-state index in [1.165, 1.54) is 13.8 Å². The molecule has 0 aliphatic heterocycles. The van der Waals surface area contributed by atoms with Crippen LogP contribution in [0.25, 0.3) is 0 Å². The SMILES string of the molecule is CC(=O)OC[C@@H]1CC(C)=C(C)C/C1=[N+](\[O-])OC(C)=O. The van der Waals surface area contributed by atoms with E-state index < -0.39 is 11.9 Å². The van der Waals surface area contributed by atoms with Crippen LogP contribution >= 0.6 is 0 Å². The van der Waals surface area contributed by atoms with Crippen molar-refractivity contribution in [2.45, 2.75) is 40.5 Å². The number of allylic oxidation sites excluding steroid dienone is 2. The molecule has 1 aliphatic carbocycles. The molecule has 0 aromatic rings. The summed E-state index contributed by atoms with van der Waals surface area (Å²) >= 11 is 0. The predicted molar refractivity (Wildman–Crippen MR) is 68.1 cm³/mol. The molecular formula is C13H19NO5. The minimum absolute atomic E-state index is 0.120. The molecule has 0 radical (unpaired) electrons. The van der Waals surface area contributed by atoms with Crippen molar-refractivity contribution in [2.24, 2.45) is 5.92 Å². The normalized spacial score (nSPS) is 22.0. The van der Waals surface area contributed by atoms with Gasteiger partial charge in [-0.2, -0.15) is 0 Å². The maximum Gasteiger partial charge on any atom is 0.302 e. The van der Waals surface area contributed by atoms with Crippen molar-refractivity contribution >= 4 is 17.7 Å². The number of carbonyl (C=O) groups is 2. The molecule has 0 aromatic carbocycles. The van der Waals surface area contributed by atoms with Crippen molar-refractivity contribution < 1.29 is 24.1 Å². The van der Waals surface area contributed by atoms with Crippen LogP contribution in [-0.2, 0) is 19.2 Å². The first-order chi connectivity index (χ1) is 8.81. The minimum atomic E-state index is -0.669. The van der Waals surface area contributed by atoms with Gasteiger partial charge in [0.15, 0.2) is 0 Å². The molecule has 0 bridgehead atoms. The lowest BCUT2D eigenvalue weighted by Crippen LogP contribution is -2.33. The van der Waals surface area contributed by atoms with Gasteiger partial charge in [-0.15, -0.1) is 0 Å². The third kappa shape index (κ3) is 4.39. The standard InChI is InChI=1S/C13H19NO5/c1-8-5-12(7-18-10(3)15)13(6-9(8)2)14(17)19-11(4)16/h12H,5-7H2,1-4H3/b14-13-/t12-/m0/s1. The van der Waals surface area contributed by atoms with Crippen LogP contribution in [0.4, 0.5) is 0 Å². The van der Waals surface area contributed by atoms with E-state index in [0.29, 0.717) is 18.6 Å². The van der Waals surface area contributed by atoms with Crippen LogP contribution in [0.5, 0.6) is 0 Å². The number of nitrogens with zero attached hydrogens (tertiary/aromatic N) is 1. The van der Waals surface area contributed by atoms with Crippen molar-refractivity contribution in [1.29, 1.82) is 0 Å². The third-order valence-electron chi connectivity index (χ3n) is 3.13. The van der Waals surface area contributed by atoms with Crippen molar-refractivity contribution in [2.75, 3.05) is 6.61 Å². The highest BCUT2D eigenvalue weighted by atomic mass is 16.9. The Morgan fingerprint density at radius 2 is 1.89 bits per heavy atom. The summed E-state index contributed by atoms with van der Waals surface area (Å²) in [5, 5.41) is 11.8. The predicted octanol–water partition coefficient (Wildman–Crippen LogP) is 1.73. The van der Waals surface area contributed by atoms with E-state index in [1.54, 1.807) is 0 Å². The van der Waals surface area contributed by atoms with Gasteiger partial charge in [0, 0.05) is 18.7 Å². The molecule has 6 heteroatoms. The first kappa shape index (κ1) is 15.2. The second-order valence-corrected chi connectivity index (χ2v) is 4.77. The van der Waals surface area contributed by atoms with Gasteiger partial charge >= 0.3 is 5.97 Å². The Morgan fingerprint density at radius 1 is 1.26 bits per heavy atom. The fraction of sp³-hybridized carbons (Fsp3) is 0.615. The molecule has 0 fully saturated rings. The Morgan fingerprint density at radius 3 is 2.42 bits per heavy atom. The molecule has 0 aromatic heterocycles. The van der Waals surface area contributed by atoms with Crippen LogP contribution < -0.4 is 0 Å². The quantitative estimate of drug-likeness (QED) is 0.256. The molecule has 0 spiro atoms. The lowest BCUT2D eigenvalue weighted by molar-refractivity contribution is -0.714. The molecule has 0 saturated carbocycles. The van der Waals surface area contributed by atoms with E-state index in [4.69, 9.17) is 4.74 Å². The van der Waals surface area contributed by atoms with Crippen molar-refractivity contribution in [1.82, 2.24) is 0 Å². The Balaban J connectivity index is 2.95. The molecule has 19 heavy (non-hydrogen) atoms. The lowest BCUT2D eigenvalue weighted by Gasteiger charge is -2.23. The second-order valence-electron chi connectivity index (χ2n) is 4.77. The molecule has 1 aliphatic rings. The maximum atomic E-state index is 11.8. The summed E-state index contributed by atoms with van der Waals surface area (Å²) in [6, 6.07) is 0. The highest BCUT2D eigenvalue weighted by molar-refractivity contribution is 5.86. The Labute approximate surface area is 112 Å². The minimum Gasteiger partial charge on any atom is -0.465 e. The summed E-state index contributed by atoms with van der Waals surface area (Å²) in [5.41, 5.74) is 2.65. The highest BCUT2D eigenvalue weighted by Gasteiger charge is 2.32. The zero-order valence-corrected chi connectivity index (χ0v) is 11.7. The van der Waals surface area contributed by atoms with Crippen molar-refractivity contribution in [3.8, 4) is 0 Å². The fourth-order valence-corrected chi connectivity index (χ4v) is 1.99. The van der Waals surface area contributed by atoms with Crippen LogP contribution in [0.1, 0.15) is 40.5 Å². The van der Waals surface area contributed by atoms with Crippen LogP contribution in [0, 0.1) is 11.1 Å². The average Bonchev–Trinajstić information content (AvgIpc) is 2.29. The first-order valence-electron chi connectivity index (χ1n) is 6.11. The Bertz CT molecular complexity index is 450. The summed E-state index contributed by atoms with van der Waals surface area (Å²) in [4.78, 5) is 26.5. The van der Waals surface area contributed by atoms with E-state index in [0.717, 1.165) is 11.1 Å². The number of hydrogen-bond acceptors (Lipinski definition) is 5. The number of hydrogen-bond donors (Lipinski definition) is 0. The fourth-order valence-electron chi connectivity index (χ4n) is 1.99. The molecule has 1 atom stereocenters. The van der Waals surface area contributed by atoms with Crippen molar-refractivity contribution in [3.05, 3.63) is 16.4 Å². The topological polar surface area (TPSA) is 78.7 Å². The molecule has 6 nitrogen and oxygen atoms in total. The molecule has 1 rings (SSSR count). The van der Waals surface area contributed by atoms with E-state index >= 15 is 0 Å². The van der Waals surface area contributed by atoms with E-state index in [2.05, 4.69) is 4.84 Å². The van der Waals surface area contributed by atoms with Crippen LogP contribution in [-0.4, -0.2) is 29.2 Å². The van der Waals surface area contributed by atoms with E-state index in [9.17, 15) is 14.8 Å². The van der Waals surface area contributed by atoms with Gasteiger partial charge in [-0.3, -0.25) is 14.8 Å². The van der Waals surface area contributed by atoms with Gasteiger partial charge in [0.25, 0.3) is 5.97 Å². The summed E-state index contributed by atoms with van der Waals surface area (Å²) in [6.45, 7) is 6.52. The zero-order chi connectivity index (χ0) is 14.6. The summed E-state index contributed by atoms with van der Waals surface area (Å²) in [7, 11) is 0. The van der Waals surface area contributed by atoms with E-state index in [1.807, 2.05) is 13.8 Å². The molecule has 0 N–H and O–H groups in total.